The van der Waals surface area contributed by atoms with E-state index in [9.17, 15) is 9.90 Å². The molecule has 1 unspecified atom stereocenters. The molecule has 0 bridgehead atoms. The summed E-state index contributed by atoms with van der Waals surface area (Å²) in [6.07, 6.45) is 4.54. The first kappa shape index (κ1) is 30.1. The van der Waals surface area contributed by atoms with Gasteiger partial charge >= 0.3 is 0 Å². The summed E-state index contributed by atoms with van der Waals surface area (Å²) in [5.41, 5.74) is 7.91. The Kier molecular flexibility index (Phi) is 10.6. The quantitative estimate of drug-likeness (QED) is 0.239. The van der Waals surface area contributed by atoms with Crippen LogP contribution in [0, 0.1) is 5.92 Å². The predicted molar refractivity (Wildman–Crippen MR) is 160 cm³/mol. The van der Waals surface area contributed by atoms with Crippen molar-refractivity contribution >= 4 is 17.5 Å². The number of amides is 1. The van der Waals surface area contributed by atoms with Crippen LogP contribution in [-0.2, 0) is 23.3 Å². The van der Waals surface area contributed by atoms with Crippen molar-refractivity contribution in [1.29, 1.82) is 0 Å². The van der Waals surface area contributed by atoms with Gasteiger partial charge in [-0.05, 0) is 80.0 Å². The molecule has 0 aromatic heterocycles. The lowest BCUT2D eigenvalue weighted by atomic mass is 9.73. The number of halogens is 1. The molecule has 1 aliphatic rings. The van der Waals surface area contributed by atoms with Crippen molar-refractivity contribution in [3.63, 3.8) is 0 Å². The van der Waals surface area contributed by atoms with E-state index in [1.165, 1.54) is 0 Å². The molecule has 1 aliphatic heterocycles. The standard InChI is InChI=1S/C33H41ClN2O4/c1-3-24-9-6-11-28(21-24)40-31-29(12-7-13-30(31)34)33(38,18-4-5-20-39-2)27-10-8-19-36(23-27)32(37)26-16-14-25(22-35)15-17-26/h6-7,9,11-17,21,27,38H,3-5,8,10,18-20,22-23,35H2,1-2H3/t27-,33?/m1/s1. The molecular weight excluding hydrogens is 524 g/mol. The van der Waals surface area contributed by atoms with Crippen LogP contribution in [0.25, 0.3) is 0 Å². The lowest BCUT2D eigenvalue weighted by Crippen LogP contribution is -2.48. The molecule has 214 valence electrons. The zero-order valence-electron chi connectivity index (χ0n) is 23.6. The molecular formula is C33H41ClN2O4. The zero-order chi connectivity index (χ0) is 28.5. The molecule has 1 amide bonds. The third-order valence-electron chi connectivity index (χ3n) is 7.94. The lowest BCUT2D eigenvalue weighted by molar-refractivity contribution is -0.0589. The Balaban J connectivity index is 1.67. The van der Waals surface area contributed by atoms with Crippen molar-refractivity contribution in [1.82, 2.24) is 4.90 Å². The molecule has 1 fully saturated rings. The van der Waals surface area contributed by atoms with Crippen LogP contribution in [0.5, 0.6) is 11.5 Å². The third-order valence-corrected chi connectivity index (χ3v) is 8.23. The maximum absolute atomic E-state index is 13.5. The van der Waals surface area contributed by atoms with E-state index in [1.54, 1.807) is 13.2 Å². The average Bonchev–Trinajstić information content (AvgIpc) is 3.00. The number of unbranched alkanes of at least 4 members (excludes halogenated alkanes) is 1. The number of nitrogens with two attached hydrogens (primary N) is 1. The fraction of sp³-hybridized carbons (Fsp3) is 0.424. The Labute approximate surface area is 243 Å². The van der Waals surface area contributed by atoms with Gasteiger partial charge in [-0.25, -0.2) is 0 Å². The minimum absolute atomic E-state index is 0.0334. The van der Waals surface area contributed by atoms with E-state index in [0.717, 1.165) is 43.2 Å². The summed E-state index contributed by atoms with van der Waals surface area (Å²) in [6.45, 7) is 4.24. The highest BCUT2D eigenvalue weighted by Gasteiger charge is 2.43. The van der Waals surface area contributed by atoms with E-state index in [2.05, 4.69) is 13.0 Å². The number of likely N-dealkylation sites (tertiary alicyclic amines) is 1. The van der Waals surface area contributed by atoms with E-state index >= 15 is 0 Å². The van der Waals surface area contributed by atoms with E-state index in [1.807, 2.05) is 59.5 Å². The van der Waals surface area contributed by atoms with Gasteiger partial charge in [-0.3, -0.25) is 4.79 Å². The number of ether oxygens (including phenoxy) is 2. The van der Waals surface area contributed by atoms with Crippen LogP contribution in [0.4, 0.5) is 0 Å². The molecule has 1 saturated heterocycles. The molecule has 1 heterocycles. The topological polar surface area (TPSA) is 85.0 Å². The van der Waals surface area contributed by atoms with Gasteiger partial charge < -0.3 is 25.2 Å². The van der Waals surface area contributed by atoms with Crippen LogP contribution >= 0.6 is 11.6 Å². The summed E-state index contributed by atoms with van der Waals surface area (Å²) >= 11 is 6.74. The summed E-state index contributed by atoms with van der Waals surface area (Å²) in [6, 6.07) is 20.9. The van der Waals surface area contributed by atoms with E-state index < -0.39 is 5.60 Å². The first-order valence-corrected chi connectivity index (χ1v) is 14.6. The van der Waals surface area contributed by atoms with Gasteiger partial charge in [-0.1, -0.05) is 54.9 Å². The van der Waals surface area contributed by atoms with E-state index in [0.29, 0.717) is 60.3 Å². The molecule has 0 aliphatic carbocycles. The van der Waals surface area contributed by atoms with Crippen LogP contribution in [0.15, 0.2) is 66.7 Å². The van der Waals surface area contributed by atoms with E-state index in [4.69, 9.17) is 26.8 Å². The number of piperidine rings is 1. The predicted octanol–water partition coefficient (Wildman–Crippen LogP) is 6.71. The van der Waals surface area contributed by atoms with Crippen LogP contribution in [0.3, 0.4) is 0 Å². The Morgan fingerprint density at radius 3 is 2.60 bits per heavy atom. The number of carbonyl (C=O) groups excluding carboxylic acids is 1. The van der Waals surface area contributed by atoms with Gasteiger partial charge in [0, 0.05) is 50.4 Å². The second kappa shape index (κ2) is 14.1. The lowest BCUT2D eigenvalue weighted by Gasteiger charge is -2.43. The first-order chi connectivity index (χ1) is 19.4. The van der Waals surface area contributed by atoms with Crippen LogP contribution in [-0.4, -0.2) is 42.7 Å². The fourth-order valence-corrected chi connectivity index (χ4v) is 5.83. The summed E-state index contributed by atoms with van der Waals surface area (Å²) in [5, 5.41) is 13.0. The Morgan fingerprint density at radius 2 is 1.88 bits per heavy atom. The minimum Gasteiger partial charge on any atom is -0.455 e. The largest absolute Gasteiger partial charge is 0.455 e. The first-order valence-electron chi connectivity index (χ1n) is 14.2. The Morgan fingerprint density at radius 1 is 1.10 bits per heavy atom. The fourth-order valence-electron chi connectivity index (χ4n) is 5.62. The number of benzene rings is 3. The molecule has 7 heteroatoms. The summed E-state index contributed by atoms with van der Waals surface area (Å²) < 4.78 is 11.7. The molecule has 4 rings (SSSR count). The highest BCUT2D eigenvalue weighted by atomic mass is 35.5. The van der Waals surface area contributed by atoms with Crippen LogP contribution in [0.2, 0.25) is 5.02 Å². The number of aryl methyl sites for hydroxylation is 1. The van der Waals surface area contributed by atoms with Crippen molar-refractivity contribution in [2.24, 2.45) is 11.7 Å². The average molecular weight is 565 g/mol. The van der Waals surface area contributed by atoms with Crippen molar-refractivity contribution in [3.8, 4) is 11.5 Å². The number of carbonyl (C=O) groups is 1. The number of aliphatic hydroxyl groups is 1. The van der Waals surface area contributed by atoms with Crippen molar-refractivity contribution in [3.05, 3.63) is 94.0 Å². The van der Waals surface area contributed by atoms with Gasteiger partial charge in [0.25, 0.3) is 5.91 Å². The molecule has 0 radical (unpaired) electrons. The maximum atomic E-state index is 13.5. The maximum Gasteiger partial charge on any atom is 0.253 e. The van der Waals surface area contributed by atoms with Gasteiger partial charge in [0.15, 0.2) is 5.75 Å². The molecule has 3 aromatic rings. The Hall–Kier alpha value is -2.90. The second-order valence-electron chi connectivity index (χ2n) is 10.6. The highest BCUT2D eigenvalue weighted by Crippen LogP contribution is 2.47. The summed E-state index contributed by atoms with van der Waals surface area (Å²) in [4.78, 5) is 15.3. The van der Waals surface area contributed by atoms with E-state index in [-0.39, 0.29) is 11.8 Å². The normalized spacial score (nSPS) is 16.9. The second-order valence-corrected chi connectivity index (χ2v) is 11.0. The third kappa shape index (κ3) is 7.05. The number of para-hydroxylation sites is 1. The van der Waals surface area contributed by atoms with Gasteiger partial charge in [0.2, 0.25) is 0 Å². The number of rotatable bonds is 12. The van der Waals surface area contributed by atoms with Gasteiger partial charge in [-0.15, -0.1) is 0 Å². The SMILES string of the molecule is CCc1cccc(Oc2c(Cl)cccc2C(O)(CCCCOC)[C@@H]2CCCN(C(=O)c3ccc(CN)cc3)C2)c1. The number of hydrogen-bond donors (Lipinski definition) is 2. The smallest absolute Gasteiger partial charge is 0.253 e. The summed E-state index contributed by atoms with van der Waals surface area (Å²) in [5.74, 6) is 0.914. The molecule has 0 spiro atoms. The minimum atomic E-state index is -1.25. The van der Waals surface area contributed by atoms with Gasteiger partial charge in [0.1, 0.15) is 5.75 Å². The highest BCUT2D eigenvalue weighted by molar-refractivity contribution is 6.32. The monoisotopic (exact) mass is 564 g/mol. The molecule has 0 saturated carbocycles. The van der Waals surface area contributed by atoms with Crippen LogP contribution in [0.1, 0.15) is 66.1 Å². The number of methoxy groups -OCH3 is 1. The summed E-state index contributed by atoms with van der Waals surface area (Å²) in [7, 11) is 1.68. The molecule has 40 heavy (non-hydrogen) atoms. The van der Waals surface area contributed by atoms with Crippen molar-refractivity contribution in [2.45, 2.75) is 57.6 Å². The van der Waals surface area contributed by atoms with Gasteiger partial charge in [-0.2, -0.15) is 0 Å². The zero-order valence-corrected chi connectivity index (χ0v) is 24.3. The molecule has 3 aromatic carbocycles. The molecule has 3 N–H and O–H groups in total. The van der Waals surface area contributed by atoms with Crippen LogP contribution < -0.4 is 10.5 Å². The Bertz CT molecular complexity index is 1270. The molecule has 6 nitrogen and oxygen atoms in total. The number of nitrogens with zero attached hydrogens (tertiary/aromatic N) is 1. The number of hydrogen-bond acceptors (Lipinski definition) is 5. The van der Waals surface area contributed by atoms with Crippen molar-refractivity contribution < 1.29 is 19.4 Å². The van der Waals surface area contributed by atoms with Crippen molar-refractivity contribution in [2.75, 3.05) is 26.8 Å². The van der Waals surface area contributed by atoms with Gasteiger partial charge in [0.05, 0.1) is 10.6 Å². The molecule has 2 atom stereocenters.